The Kier molecular flexibility index (Phi) is 3.36. The zero-order valence-corrected chi connectivity index (χ0v) is 14.3. The van der Waals surface area contributed by atoms with Gasteiger partial charge in [0.25, 0.3) is 0 Å². The van der Waals surface area contributed by atoms with Crippen molar-refractivity contribution in [1.29, 1.82) is 0 Å². The summed E-state index contributed by atoms with van der Waals surface area (Å²) in [4.78, 5) is 23.6. The molecular weight excluding hydrogens is 351 g/mol. The second-order valence-electron chi connectivity index (χ2n) is 6.46. The molecule has 4 aromatic heterocycles. The summed E-state index contributed by atoms with van der Waals surface area (Å²) in [5.74, 6) is 0.162. The number of halogens is 1. The number of fused-ring (bicyclic) bond motifs is 2. The summed E-state index contributed by atoms with van der Waals surface area (Å²) in [7, 11) is 1.60. The normalized spacial score (nSPS) is 18.7. The van der Waals surface area contributed by atoms with Crippen LogP contribution in [0, 0.1) is 5.92 Å². The molecule has 4 aromatic rings. The number of ether oxygens (including phenoxy) is 1. The highest BCUT2D eigenvalue weighted by atomic mass is 19.1. The van der Waals surface area contributed by atoms with Crippen LogP contribution in [0.4, 0.5) is 10.2 Å². The molecule has 0 aromatic carbocycles. The van der Waals surface area contributed by atoms with E-state index in [1.165, 1.54) is 6.33 Å². The SMILES string of the molecule is COc1cc2ncnn2cc1-c1c[nH]c2nc(NC(=O)[C@@H]3C[C@@H]3F)ccc12. The third-order valence-corrected chi connectivity index (χ3v) is 4.73. The lowest BCUT2D eigenvalue weighted by molar-refractivity contribution is -0.117. The van der Waals surface area contributed by atoms with Gasteiger partial charge < -0.3 is 15.0 Å². The van der Waals surface area contributed by atoms with E-state index in [2.05, 4.69) is 25.4 Å². The largest absolute Gasteiger partial charge is 0.496 e. The summed E-state index contributed by atoms with van der Waals surface area (Å²) in [6.07, 6.45) is 4.39. The van der Waals surface area contributed by atoms with E-state index < -0.39 is 12.1 Å². The molecule has 2 atom stereocenters. The van der Waals surface area contributed by atoms with Gasteiger partial charge in [0.2, 0.25) is 5.91 Å². The van der Waals surface area contributed by atoms with E-state index in [1.54, 1.807) is 17.7 Å². The Morgan fingerprint density at radius 3 is 3.04 bits per heavy atom. The molecule has 1 fully saturated rings. The van der Waals surface area contributed by atoms with Gasteiger partial charge in [-0.2, -0.15) is 5.10 Å². The van der Waals surface area contributed by atoms with Gasteiger partial charge in [0.05, 0.1) is 13.0 Å². The predicted molar refractivity (Wildman–Crippen MR) is 96.3 cm³/mol. The standard InChI is InChI=1S/C18H15FN6O2/c1-27-14-5-16-21-8-22-25(16)7-12(14)11-6-20-17-9(11)2-3-15(23-17)24-18(26)10-4-13(10)19/h2-3,5-8,10,13H,4H2,1H3,(H2,20,23,24,26)/t10-,13+/m1/s1. The first-order valence-electron chi connectivity index (χ1n) is 8.45. The maximum absolute atomic E-state index is 13.0. The first-order valence-corrected chi connectivity index (χ1v) is 8.45. The van der Waals surface area contributed by atoms with Gasteiger partial charge in [0.15, 0.2) is 5.65 Å². The van der Waals surface area contributed by atoms with Crippen LogP contribution in [-0.2, 0) is 4.79 Å². The van der Waals surface area contributed by atoms with Crippen molar-refractivity contribution in [3.63, 3.8) is 0 Å². The number of pyridine rings is 2. The van der Waals surface area contributed by atoms with E-state index in [0.717, 1.165) is 16.5 Å². The van der Waals surface area contributed by atoms with Gasteiger partial charge in [0, 0.05) is 35.0 Å². The summed E-state index contributed by atoms with van der Waals surface area (Å²) in [5.41, 5.74) is 3.01. The van der Waals surface area contributed by atoms with Crippen LogP contribution in [-0.4, -0.2) is 43.8 Å². The Bertz CT molecular complexity index is 1180. The second-order valence-corrected chi connectivity index (χ2v) is 6.46. The Morgan fingerprint density at radius 1 is 1.41 bits per heavy atom. The van der Waals surface area contributed by atoms with Crippen LogP contribution in [0.25, 0.3) is 27.8 Å². The molecule has 1 saturated carbocycles. The van der Waals surface area contributed by atoms with Crippen molar-refractivity contribution in [3.05, 3.63) is 36.9 Å². The molecule has 27 heavy (non-hydrogen) atoms. The first kappa shape index (κ1) is 15.7. The zero-order valence-electron chi connectivity index (χ0n) is 14.3. The summed E-state index contributed by atoms with van der Waals surface area (Å²) in [6.45, 7) is 0. The second kappa shape index (κ2) is 5.76. The van der Waals surface area contributed by atoms with Crippen LogP contribution in [0.5, 0.6) is 5.75 Å². The van der Waals surface area contributed by atoms with Crippen molar-refractivity contribution in [1.82, 2.24) is 24.6 Å². The summed E-state index contributed by atoms with van der Waals surface area (Å²) in [5, 5.41) is 7.69. The van der Waals surface area contributed by atoms with E-state index in [0.29, 0.717) is 22.9 Å². The minimum absolute atomic E-state index is 0.283. The quantitative estimate of drug-likeness (QED) is 0.579. The molecule has 0 spiro atoms. The molecule has 136 valence electrons. The molecule has 0 saturated heterocycles. The lowest BCUT2D eigenvalue weighted by Crippen LogP contribution is -2.15. The van der Waals surface area contributed by atoms with Crippen molar-refractivity contribution in [2.75, 3.05) is 12.4 Å². The molecule has 8 nitrogen and oxygen atoms in total. The number of nitrogens with zero attached hydrogens (tertiary/aromatic N) is 4. The smallest absolute Gasteiger partial charge is 0.231 e. The fourth-order valence-electron chi connectivity index (χ4n) is 3.17. The summed E-state index contributed by atoms with van der Waals surface area (Å²) >= 11 is 0. The molecule has 0 radical (unpaired) electrons. The van der Waals surface area contributed by atoms with E-state index in [1.807, 2.05) is 24.5 Å². The number of aromatic nitrogens is 5. The fraction of sp³-hybridized carbons (Fsp3) is 0.222. The average Bonchev–Trinajstić information content (AvgIpc) is 3.07. The van der Waals surface area contributed by atoms with Gasteiger partial charge in [-0.25, -0.2) is 18.9 Å². The molecule has 1 aliphatic rings. The van der Waals surface area contributed by atoms with Crippen LogP contribution in [0.15, 0.2) is 36.9 Å². The minimum atomic E-state index is -1.04. The lowest BCUT2D eigenvalue weighted by atomic mass is 10.1. The van der Waals surface area contributed by atoms with Gasteiger partial charge >= 0.3 is 0 Å². The van der Waals surface area contributed by atoms with Gasteiger partial charge in [0.1, 0.15) is 29.7 Å². The molecule has 0 aliphatic heterocycles. The van der Waals surface area contributed by atoms with Gasteiger partial charge in [-0.15, -0.1) is 0 Å². The summed E-state index contributed by atoms with van der Waals surface area (Å²) < 4.78 is 20.2. The van der Waals surface area contributed by atoms with Gasteiger partial charge in [-0.3, -0.25) is 4.79 Å². The number of rotatable bonds is 4. The number of amides is 1. The van der Waals surface area contributed by atoms with E-state index in [9.17, 15) is 9.18 Å². The fourth-order valence-corrected chi connectivity index (χ4v) is 3.17. The third-order valence-electron chi connectivity index (χ3n) is 4.73. The zero-order chi connectivity index (χ0) is 18.5. The van der Waals surface area contributed by atoms with Crippen LogP contribution >= 0.6 is 0 Å². The average molecular weight is 366 g/mol. The van der Waals surface area contributed by atoms with Crippen molar-refractivity contribution in [2.24, 2.45) is 5.92 Å². The Morgan fingerprint density at radius 2 is 2.26 bits per heavy atom. The predicted octanol–water partition coefficient (Wildman–Crippen LogP) is 2.58. The van der Waals surface area contributed by atoms with Crippen LogP contribution in [0.1, 0.15) is 6.42 Å². The van der Waals surface area contributed by atoms with Crippen molar-refractivity contribution in [3.8, 4) is 16.9 Å². The highest BCUT2D eigenvalue weighted by Crippen LogP contribution is 2.36. The van der Waals surface area contributed by atoms with Crippen LogP contribution in [0.2, 0.25) is 0 Å². The van der Waals surface area contributed by atoms with Gasteiger partial charge in [-0.05, 0) is 18.6 Å². The third kappa shape index (κ3) is 2.59. The van der Waals surface area contributed by atoms with Crippen LogP contribution in [0.3, 0.4) is 0 Å². The minimum Gasteiger partial charge on any atom is -0.496 e. The molecule has 4 heterocycles. The van der Waals surface area contributed by atoms with Crippen molar-refractivity contribution >= 4 is 28.4 Å². The number of carbonyl (C=O) groups is 1. The Balaban J connectivity index is 1.54. The molecule has 9 heteroatoms. The van der Waals surface area contributed by atoms with Gasteiger partial charge in [-0.1, -0.05) is 0 Å². The molecule has 1 amide bonds. The number of nitrogens with one attached hydrogen (secondary N) is 2. The van der Waals surface area contributed by atoms with Crippen LogP contribution < -0.4 is 10.1 Å². The molecule has 0 bridgehead atoms. The van der Waals surface area contributed by atoms with E-state index >= 15 is 0 Å². The highest BCUT2D eigenvalue weighted by molar-refractivity contribution is 5.98. The number of hydrogen-bond acceptors (Lipinski definition) is 5. The number of anilines is 1. The maximum atomic E-state index is 13.0. The number of H-pyrrole nitrogens is 1. The van der Waals surface area contributed by atoms with E-state index in [-0.39, 0.29) is 12.3 Å². The molecule has 5 rings (SSSR count). The monoisotopic (exact) mass is 366 g/mol. The number of methoxy groups -OCH3 is 1. The lowest BCUT2D eigenvalue weighted by Gasteiger charge is -2.08. The Hall–Kier alpha value is -3.49. The number of carbonyl (C=O) groups excluding carboxylic acids is 1. The molecule has 0 unspecified atom stereocenters. The topological polar surface area (TPSA) is 97.2 Å². The maximum Gasteiger partial charge on any atom is 0.231 e. The number of hydrogen-bond donors (Lipinski definition) is 2. The number of aromatic amines is 1. The first-order chi connectivity index (χ1) is 13.1. The Labute approximate surface area is 152 Å². The van der Waals surface area contributed by atoms with Crippen molar-refractivity contribution in [2.45, 2.75) is 12.6 Å². The highest BCUT2D eigenvalue weighted by Gasteiger charge is 2.43. The molecule has 1 aliphatic carbocycles. The molecule has 2 N–H and O–H groups in total. The molecular formula is C18H15FN6O2. The van der Waals surface area contributed by atoms with Crippen molar-refractivity contribution < 1.29 is 13.9 Å². The van der Waals surface area contributed by atoms with E-state index in [4.69, 9.17) is 4.74 Å². The summed E-state index contributed by atoms with van der Waals surface area (Å²) in [6, 6.07) is 5.37. The number of alkyl halides is 1.